The lowest BCUT2D eigenvalue weighted by molar-refractivity contribution is -0.0583. The Morgan fingerprint density at radius 1 is 1.29 bits per heavy atom. The van der Waals surface area contributed by atoms with Gasteiger partial charge in [-0.15, -0.1) is 0 Å². The van der Waals surface area contributed by atoms with Crippen molar-refractivity contribution in [2.75, 3.05) is 13.2 Å². The number of ether oxygens (including phenoxy) is 1. The standard InChI is InChI=1S/C12H22N2O3/c1-4-12(5-2,16-6-3)11-13-10(17-14-11)8-7-9-15/h15H,4-9H2,1-3H3. The van der Waals surface area contributed by atoms with Gasteiger partial charge in [-0.05, 0) is 26.2 Å². The Kier molecular flexibility index (Phi) is 5.58. The van der Waals surface area contributed by atoms with E-state index >= 15 is 0 Å². The van der Waals surface area contributed by atoms with E-state index in [1.165, 1.54) is 0 Å². The summed E-state index contributed by atoms with van der Waals surface area (Å²) in [7, 11) is 0. The smallest absolute Gasteiger partial charge is 0.226 e. The van der Waals surface area contributed by atoms with Crippen molar-refractivity contribution in [2.45, 2.75) is 52.1 Å². The van der Waals surface area contributed by atoms with Crippen molar-refractivity contribution < 1.29 is 14.4 Å². The van der Waals surface area contributed by atoms with Gasteiger partial charge >= 0.3 is 0 Å². The maximum Gasteiger partial charge on any atom is 0.226 e. The van der Waals surface area contributed by atoms with Crippen LogP contribution in [0.3, 0.4) is 0 Å². The lowest BCUT2D eigenvalue weighted by Gasteiger charge is -2.27. The fourth-order valence-corrected chi connectivity index (χ4v) is 1.88. The van der Waals surface area contributed by atoms with E-state index in [0.29, 0.717) is 31.2 Å². The molecule has 0 aromatic carbocycles. The molecule has 0 aliphatic rings. The highest BCUT2D eigenvalue weighted by molar-refractivity contribution is 5.01. The van der Waals surface area contributed by atoms with Gasteiger partial charge in [0.15, 0.2) is 0 Å². The first-order valence-electron chi connectivity index (χ1n) is 6.30. The Morgan fingerprint density at radius 3 is 2.53 bits per heavy atom. The molecule has 0 aliphatic carbocycles. The van der Waals surface area contributed by atoms with Gasteiger partial charge in [-0.25, -0.2) is 0 Å². The molecule has 0 radical (unpaired) electrons. The maximum atomic E-state index is 8.76. The normalized spacial score (nSPS) is 12.0. The lowest BCUT2D eigenvalue weighted by atomic mass is 9.96. The third-order valence-corrected chi connectivity index (χ3v) is 2.99. The van der Waals surface area contributed by atoms with Crippen molar-refractivity contribution >= 4 is 0 Å². The zero-order valence-electron chi connectivity index (χ0n) is 10.9. The minimum Gasteiger partial charge on any atom is -0.396 e. The summed E-state index contributed by atoms with van der Waals surface area (Å²) in [6.45, 7) is 6.84. The summed E-state index contributed by atoms with van der Waals surface area (Å²) in [5.74, 6) is 1.19. The highest BCUT2D eigenvalue weighted by atomic mass is 16.5. The number of nitrogens with zero attached hydrogens (tertiary/aromatic N) is 2. The molecule has 1 heterocycles. The van der Waals surface area contributed by atoms with Gasteiger partial charge in [0.2, 0.25) is 11.7 Å². The summed E-state index contributed by atoms with van der Waals surface area (Å²) in [4.78, 5) is 4.37. The molecule has 98 valence electrons. The predicted octanol–water partition coefficient (Wildman–Crippen LogP) is 2.05. The minimum absolute atomic E-state index is 0.135. The summed E-state index contributed by atoms with van der Waals surface area (Å²) >= 11 is 0. The first-order valence-corrected chi connectivity index (χ1v) is 6.30. The number of aromatic nitrogens is 2. The van der Waals surface area contributed by atoms with Crippen molar-refractivity contribution in [3.8, 4) is 0 Å². The Balaban J connectivity index is 2.83. The molecule has 0 aliphatic heterocycles. The van der Waals surface area contributed by atoms with Gasteiger partial charge in [0.05, 0.1) is 0 Å². The lowest BCUT2D eigenvalue weighted by Crippen LogP contribution is -2.29. The zero-order valence-corrected chi connectivity index (χ0v) is 10.9. The van der Waals surface area contributed by atoms with E-state index in [1.54, 1.807) is 0 Å². The summed E-state index contributed by atoms with van der Waals surface area (Å²) in [6, 6.07) is 0. The van der Waals surface area contributed by atoms with Crippen molar-refractivity contribution in [3.63, 3.8) is 0 Å². The van der Waals surface area contributed by atoms with Gasteiger partial charge < -0.3 is 14.4 Å². The van der Waals surface area contributed by atoms with Crippen LogP contribution < -0.4 is 0 Å². The van der Waals surface area contributed by atoms with Gasteiger partial charge in [-0.2, -0.15) is 4.98 Å². The number of rotatable bonds is 8. The van der Waals surface area contributed by atoms with E-state index < -0.39 is 5.60 Å². The topological polar surface area (TPSA) is 68.4 Å². The molecule has 0 unspecified atom stereocenters. The van der Waals surface area contributed by atoms with Crippen molar-refractivity contribution in [1.29, 1.82) is 0 Å². The highest BCUT2D eigenvalue weighted by Crippen LogP contribution is 2.30. The molecule has 0 atom stereocenters. The van der Waals surface area contributed by atoms with Crippen LogP contribution in [0, 0.1) is 0 Å². The second-order valence-electron chi connectivity index (χ2n) is 3.97. The number of aliphatic hydroxyl groups excluding tert-OH is 1. The van der Waals surface area contributed by atoms with Gasteiger partial charge in [0.25, 0.3) is 0 Å². The van der Waals surface area contributed by atoms with E-state index in [-0.39, 0.29) is 6.61 Å². The van der Waals surface area contributed by atoms with Crippen LogP contribution in [0.5, 0.6) is 0 Å². The quantitative estimate of drug-likeness (QED) is 0.755. The van der Waals surface area contributed by atoms with E-state index in [1.807, 2.05) is 6.92 Å². The van der Waals surface area contributed by atoms with Gasteiger partial charge in [-0.1, -0.05) is 19.0 Å². The highest BCUT2D eigenvalue weighted by Gasteiger charge is 2.34. The van der Waals surface area contributed by atoms with Crippen LogP contribution >= 0.6 is 0 Å². The monoisotopic (exact) mass is 242 g/mol. The molecule has 0 saturated carbocycles. The Labute approximate surface area is 102 Å². The van der Waals surface area contributed by atoms with Gasteiger partial charge in [0, 0.05) is 19.6 Å². The fraction of sp³-hybridized carbons (Fsp3) is 0.833. The molecule has 17 heavy (non-hydrogen) atoms. The molecule has 5 heteroatoms. The van der Waals surface area contributed by atoms with Crippen molar-refractivity contribution in [1.82, 2.24) is 10.1 Å². The summed E-state index contributed by atoms with van der Waals surface area (Å²) in [5, 5.41) is 12.8. The molecule has 1 aromatic rings. The van der Waals surface area contributed by atoms with Crippen LogP contribution in [0.1, 0.15) is 51.7 Å². The summed E-state index contributed by atoms with van der Waals surface area (Å²) in [5.41, 5.74) is -0.435. The molecule has 0 spiro atoms. The van der Waals surface area contributed by atoms with Crippen molar-refractivity contribution in [2.24, 2.45) is 0 Å². The second kappa shape index (κ2) is 6.71. The van der Waals surface area contributed by atoms with Crippen molar-refractivity contribution in [3.05, 3.63) is 11.7 Å². The summed E-state index contributed by atoms with van der Waals surface area (Å²) in [6.07, 6.45) is 2.88. The van der Waals surface area contributed by atoms with Crippen LogP contribution in [0.15, 0.2) is 4.52 Å². The molecular weight excluding hydrogens is 220 g/mol. The molecular formula is C12H22N2O3. The van der Waals surface area contributed by atoms with Crippen LogP contribution in [-0.4, -0.2) is 28.5 Å². The molecule has 0 amide bonds. The number of aliphatic hydroxyl groups is 1. The largest absolute Gasteiger partial charge is 0.396 e. The maximum absolute atomic E-state index is 8.76. The molecule has 0 fully saturated rings. The third kappa shape index (κ3) is 3.26. The van der Waals surface area contributed by atoms with Crippen LogP contribution in [0.2, 0.25) is 0 Å². The molecule has 5 nitrogen and oxygen atoms in total. The van der Waals surface area contributed by atoms with E-state index in [0.717, 1.165) is 12.8 Å². The first kappa shape index (κ1) is 14.1. The molecule has 1 N–H and O–H groups in total. The van der Waals surface area contributed by atoms with E-state index in [4.69, 9.17) is 14.4 Å². The third-order valence-electron chi connectivity index (χ3n) is 2.99. The predicted molar refractivity (Wildman–Crippen MR) is 63.6 cm³/mol. The molecule has 0 bridgehead atoms. The number of aryl methyl sites for hydroxylation is 1. The Bertz CT molecular complexity index is 321. The molecule has 1 rings (SSSR count). The van der Waals surface area contributed by atoms with Crippen LogP contribution in [-0.2, 0) is 16.8 Å². The molecule has 0 saturated heterocycles. The zero-order chi connectivity index (χ0) is 12.7. The van der Waals surface area contributed by atoms with Gasteiger partial charge in [-0.3, -0.25) is 0 Å². The van der Waals surface area contributed by atoms with Crippen LogP contribution in [0.25, 0.3) is 0 Å². The number of hydrogen-bond acceptors (Lipinski definition) is 5. The SMILES string of the molecule is CCOC(CC)(CC)c1noc(CCCO)n1. The van der Waals surface area contributed by atoms with E-state index in [9.17, 15) is 0 Å². The summed E-state index contributed by atoms with van der Waals surface area (Å²) < 4.78 is 11.0. The average Bonchev–Trinajstić information content (AvgIpc) is 2.83. The average molecular weight is 242 g/mol. The van der Waals surface area contributed by atoms with Gasteiger partial charge in [0.1, 0.15) is 5.60 Å². The van der Waals surface area contributed by atoms with Crippen LogP contribution in [0.4, 0.5) is 0 Å². The van der Waals surface area contributed by atoms with E-state index in [2.05, 4.69) is 24.0 Å². The number of hydrogen-bond donors (Lipinski definition) is 1. The second-order valence-corrected chi connectivity index (χ2v) is 3.97. The fourth-order valence-electron chi connectivity index (χ4n) is 1.88. The Hall–Kier alpha value is -0.940. The Morgan fingerprint density at radius 2 is 2.00 bits per heavy atom. The molecule has 1 aromatic heterocycles. The first-order chi connectivity index (χ1) is 8.22. The minimum atomic E-state index is -0.435.